The minimum Gasteiger partial charge on any atom is -0.368 e. The van der Waals surface area contributed by atoms with Crippen LogP contribution in [0.5, 0.6) is 0 Å². The summed E-state index contributed by atoms with van der Waals surface area (Å²) in [5, 5.41) is 14.2. The van der Waals surface area contributed by atoms with E-state index in [1.165, 1.54) is 0 Å². The van der Waals surface area contributed by atoms with E-state index in [0.717, 1.165) is 16.5 Å². The summed E-state index contributed by atoms with van der Waals surface area (Å²) in [6, 6.07) is 9.04. The Hall–Kier alpha value is -1.66. The van der Waals surface area contributed by atoms with Crippen molar-refractivity contribution in [3.8, 4) is 0 Å². The molecule has 0 aliphatic heterocycles. The van der Waals surface area contributed by atoms with Crippen molar-refractivity contribution in [2.45, 2.75) is 6.42 Å². The van der Waals surface area contributed by atoms with Gasteiger partial charge in [0.1, 0.15) is 5.82 Å². The van der Waals surface area contributed by atoms with Crippen molar-refractivity contribution in [2.75, 3.05) is 18.9 Å². The third-order valence-corrected chi connectivity index (χ3v) is 3.84. The number of aromatic nitrogens is 2. The fraction of sp³-hybridized carbons (Fsp3) is 0.214. The van der Waals surface area contributed by atoms with Gasteiger partial charge in [0.05, 0.1) is 0 Å². The standard InChI is InChI=1S/C14H14BrClN4O/c1-17-14(21)12-4-5-13(20-19-12)18-7-6-9-8-10(16)2-3-11(9)15/h2-5,8H,6-7H2,1H3,(H,17,21)(H,18,20). The summed E-state index contributed by atoms with van der Waals surface area (Å²) in [5.41, 5.74) is 1.41. The van der Waals surface area contributed by atoms with Crippen LogP contribution in [0.25, 0.3) is 0 Å². The van der Waals surface area contributed by atoms with E-state index in [-0.39, 0.29) is 5.91 Å². The average Bonchev–Trinajstić information content (AvgIpc) is 2.50. The average molecular weight is 370 g/mol. The van der Waals surface area contributed by atoms with Crippen molar-refractivity contribution < 1.29 is 4.79 Å². The highest BCUT2D eigenvalue weighted by atomic mass is 79.9. The molecule has 1 aromatic heterocycles. The summed E-state index contributed by atoms with van der Waals surface area (Å²) in [7, 11) is 1.55. The molecule has 0 unspecified atom stereocenters. The van der Waals surface area contributed by atoms with Gasteiger partial charge in [0.2, 0.25) is 0 Å². The van der Waals surface area contributed by atoms with E-state index in [1.54, 1.807) is 19.2 Å². The zero-order valence-electron chi connectivity index (χ0n) is 11.4. The number of halogens is 2. The van der Waals surface area contributed by atoms with Crippen molar-refractivity contribution >= 4 is 39.3 Å². The van der Waals surface area contributed by atoms with Gasteiger partial charge in [-0.05, 0) is 42.3 Å². The van der Waals surface area contributed by atoms with E-state index in [4.69, 9.17) is 11.6 Å². The SMILES string of the molecule is CNC(=O)c1ccc(NCCc2cc(Cl)ccc2Br)nn1. The first-order chi connectivity index (χ1) is 10.1. The van der Waals surface area contributed by atoms with Crippen LogP contribution in [0.4, 0.5) is 5.82 Å². The maximum atomic E-state index is 11.3. The normalized spacial score (nSPS) is 10.2. The second-order valence-corrected chi connectivity index (χ2v) is 5.59. The van der Waals surface area contributed by atoms with Gasteiger partial charge in [-0.3, -0.25) is 4.79 Å². The number of anilines is 1. The summed E-state index contributed by atoms with van der Waals surface area (Å²) >= 11 is 9.46. The van der Waals surface area contributed by atoms with Gasteiger partial charge in [-0.25, -0.2) is 0 Å². The molecule has 1 aromatic carbocycles. The molecule has 110 valence electrons. The Bertz CT molecular complexity index is 633. The van der Waals surface area contributed by atoms with Gasteiger partial charge in [-0.1, -0.05) is 27.5 Å². The van der Waals surface area contributed by atoms with E-state index in [2.05, 4.69) is 36.8 Å². The molecule has 0 fully saturated rings. The van der Waals surface area contributed by atoms with Crippen LogP contribution in [-0.2, 0) is 6.42 Å². The lowest BCUT2D eigenvalue weighted by atomic mass is 10.1. The van der Waals surface area contributed by atoms with E-state index < -0.39 is 0 Å². The van der Waals surface area contributed by atoms with Gasteiger partial charge in [0.25, 0.3) is 5.91 Å². The van der Waals surface area contributed by atoms with Gasteiger partial charge < -0.3 is 10.6 Å². The fourth-order valence-corrected chi connectivity index (χ4v) is 2.38. The van der Waals surface area contributed by atoms with Crippen molar-refractivity contribution in [3.63, 3.8) is 0 Å². The van der Waals surface area contributed by atoms with Crippen molar-refractivity contribution in [3.05, 3.63) is 51.1 Å². The Balaban J connectivity index is 1.91. The Morgan fingerprint density at radius 1 is 1.29 bits per heavy atom. The van der Waals surface area contributed by atoms with E-state index in [0.29, 0.717) is 23.1 Å². The molecule has 7 heteroatoms. The quantitative estimate of drug-likeness (QED) is 0.850. The second-order valence-electron chi connectivity index (χ2n) is 4.30. The third-order valence-electron chi connectivity index (χ3n) is 2.83. The first-order valence-corrected chi connectivity index (χ1v) is 7.51. The highest BCUT2D eigenvalue weighted by molar-refractivity contribution is 9.10. The highest BCUT2D eigenvalue weighted by Crippen LogP contribution is 2.21. The van der Waals surface area contributed by atoms with Crippen LogP contribution in [0.15, 0.2) is 34.8 Å². The van der Waals surface area contributed by atoms with Crippen LogP contribution in [0.1, 0.15) is 16.1 Å². The zero-order chi connectivity index (χ0) is 15.2. The molecule has 0 atom stereocenters. The Kier molecular flexibility index (Phi) is 5.52. The number of hydrogen-bond donors (Lipinski definition) is 2. The van der Waals surface area contributed by atoms with Crippen LogP contribution in [0, 0.1) is 0 Å². The van der Waals surface area contributed by atoms with Crippen LogP contribution >= 0.6 is 27.5 Å². The lowest BCUT2D eigenvalue weighted by Crippen LogP contribution is -2.20. The topological polar surface area (TPSA) is 66.9 Å². The molecule has 0 saturated heterocycles. The molecule has 0 spiro atoms. The van der Waals surface area contributed by atoms with Crippen LogP contribution in [0.3, 0.4) is 0 Å². The predicted molar refractivity (Wildman–Crippen MR) is 86.8 cm³/mol. The summed E-state index contributed by atoms with van der Waals surface area (Å²) in [6.07, 6.45) is 0.792. The molecule has 5 nitrogen and oxygen atoms in total. The van der Waals surface area contributed by atoms with Gasteiger partial charge in [0.15, 0.2) is 5.69 Å². The van der Waals surface area contributed by atoms with Gasteiger partial charge in [0, 0.05) is 23.1 Å². The molecule has 0 aliphatic rings. The number of hydrogen-bond acceptors (Lipinski definition) is 4. The number of nitrogens with one attached hydrogen (secondary N) is 2. The number of amides is 1. The molecular formula is C14H14BrClN4O. The number of nitrogens with zero attached hydrogens (tertiary/aromatic N) is 2. The number of benzene rings is 1. The molecule has 1 amide bonds. The van der Waals surface area contributed by atoms with Crippen LogP contribution < -0.4 is 10.6 Å². The molecule has 0 aliphatic carbocycles. The van der Waals surface area contributed by atoms with Gasteiger partial charge in [-0.15, -0.1) is 10.2 Å². The molecule has 1 heterocycles. The van der Waals surface area contributed by atoms with Crippen molar-refractivity contribution in [1.29, 1.82) is 0 Å². The first-order valence-electron chi connectivity index (χ1n) is 6.34. The zero-order valence-corrected chi connectivity index (χ0v) is 13.7. The number of rotatable bonds is 5. The largest absolute Gasteiger partial charge is 0.368 e. The Labute approximate surface area is 136 Å². The van der Waals surface area contributed by atoms with Crippen LogP contribution in [-0.4, -0.2) is 29.7 Å². The Morgan fingerprint density at radius 3 is 2.76 bits per heavy atom. The van der Waals surface area contributed by atoms with Crippen molar-refractivity contribution in [1.82, 2.24) is 15.5 Å². The highest BCUT2D eigenvalue weighted by Gasteiger charge is 2.05. The smallest absolute Gasteiger partial charge is 0.271 e. The number of carbonyl (C=O) groups is 1. The summed E-state index contributed by atoms with van der Waals surface area (Å²) < 4.78 is 1.02. The maximum Gasteiger partial charge on any atom is 0.271 e. The minimum atomic E-state index is -0.253. The van der Waals surface area contributed by atoms with Crippen molar-refractivity contribution in [2.24, 2.45) is 0 Å². The molecule has 2 N–H and O–H groups in total. The van der Waals surface area contributed by atoms with Gasteiger partial charge >= 0.3 is 0 Å². The lowest BCUT2D eigenvalue weighted by molar-refractivity contribution is 0.0957. The fourth-order valence-electron chi connectivity index (χ4n) is 1.74. The minimum absolute atomic E-state index is 0.253. The summed E-state index contributed by atoms with van der Waals surface area (Å²) in [6.45, 7) is 0.687. The molecule has 0 saturated carbocycles. The molecule has 0 radical (unpaired) electrons. The molecule has 2 aromatic rings. The Morgan fingerprint density at radius 2 is 2.10 bits per heavy atom. The van der Waals surface area contributed by atoms with Gasteiger partial charge in [-0.2, -0.15) is 0 Å². The van der Waals surface area contributed by atoms with E-state index in [1.807, 2.05) is 18.2 Å². The first kappa shape index (κ1) is 15.7. The van der Waals surface area contributed by atoms with E-state index >= 15 is 0 Å². The molecule has 21 heavy (non-hydrogen) atoms. The molecule has 0 bridgehead atoms. The lowest BCUT2D eigenvalue weighted by Gasteiger charge is -2.07. The molecular weight excluding hydrogens is 356 g/mol. The van der Waals surface area contributed by atoms with E-state index in [9.17, 15) is 4.79 Å². The summed E-state index contributed by atoms with van der Waals surface area (Å²) in [5.74, 6) is 0.373. The predicted octanol–water partition coefficient (Wildman–Crippen LogP) is 2.91. The molecule has 2 rings (SSSR count). The maximum absolute atomic E-state index is 11.3. The number of carbonyl (C=O) groups excluding carboxylic acids is 1. The monoisotopic (exact) mass is 368 g/mol. The van der Waals surface area contributed by atoms with Crippen LogP contribution in [0.2, 0.25) is 5.02 Å². The summed E-state index contributed by atoms with van der Waals surface area (Å²) in [4.78, 5) is 11.3. The third kappa shape index (κ3) is 4.41. The second kappa shape index (κ2) is 7.38.